The first-order chi connectivity index (χ1) is 16.2. The van der Waals surface area contributed by atoms with Gasteiger partial charge in [-0.15, -0.1) is 5.11 Å². The number of carbonyl (C=O) groups excluding carboxylic acids is 2. The fourth-order valence-electron chi connectivity index (χ4n) is 2.99. The van der Waals surface area contributed by atoms with Crippen molar-refractivity contribution in [2.24, 2.45) is 10.2 Å². The van der Waals surface area contributed by atoms with Gasteiger partial charge in [0.2, 0.25) is 0 Å². The molecule has 0 unspecified atom stereocenters. The van der Waals surface area contributed by atoms with Crippen LogP contribution in [0.3, 0.4) is 0 Å². The van der Waals surface area contributed by atoms with Crippen molar-refractivity contribution >= 4 is 86.8 Å². The number of halogens is 4. The predicted molar refractivity (Wildman–Crippen MR) is 137 cm³/mol. The molecule has 0 atom stereocenters. The standard InChI is InChI=1S/C23H13Cl4N3O3S/c24-14-2-5-19(18(27)10-14)29-28-15-3-6-20(31)13(8-15)9-21-22(32)30(23(33)34-21)11-12-1-4-16(25)17(26)7-12/h1-10,31H,11H2/b21-9-,29-28?. The Bertz CT molecular complexity index is 1380. The lowest BCUT2D eigenvalue weighted by Crippen LogP contribution is -2.27. The van der Waals surface area contributed by atoms with E-state index < -0.39 is 11.1 Å². The van der Waals surface area contributed by atoms with Gasteiger partial charge >= 0.3 is 0 Å². The van der Waals surface area contributed by atoms with E-state index in [0.29, 0.717) is 42.6 Å². The van der Waals surface area contributed by atoms with Gasteiger partial charge in [0.15, 0.2) is 0 Å². The second kappa shape index (κ2) is 10.4. The van der Waals surface area contributed by atoms with Crippen molar-refractivity contribution in [3.63, 3.8) is 0 Å². The molecule has 4 rings (SSSR count). The molecule has 0 radical (unpaired) electrons. The summed E-state index contributed by atoms with van der Waals surface area (Å²) >= 11 is 24.7. The van der Waals surface area contributed by atoms with Crippen molar-refractivity contribution in [1.29, 1.82) is 0 Å². The number of benzene rings is 3. The molecular weight excluding hydrogens is 540 g/mol. The highest BCUT2D eigenvalue weighted by atomic mass is 35.5. The van der Waals surface area contributed by atoms with Crippen molar-refractivity contribution in [2.45, 2.75) is 6.54 Å². The molecule has 1 aliphatic rings. The van der Waals surface area contributed by atoms with Crippen LogP contribution < -0.4 is 0 Å². The molecule has 0 aromatic heterocycles. The van der Waals surface area contributed by atoms with E-state index in [0.717, 1.165) is 16.7 Å². The van der Waals surface area contributed by atoms with E-state index in [1.807, 2.05) is 0 Å². The molecule has 1 heterocycles. The van der Waals surface area contributed by atoms with Gasteiger partial charge in [-0.3, -0.25) is 14.5 Å². The lowest BCUT2D eigenvalue weighted by atomic mass is 10.1. The highest BCUT2D eigenvalue weighted by Crippen LogP contribution is 2.36. The Balaban J connectivity index is 1.56. The van der Waals surface area contributed by atoms with Crippen LogP contribution in [0.25, 0.3) is 6.08 Å². The van der Waals surface area contributed by atoms with Crippen LogP contribution in [0.1, 0.15) is 11.1 Å². The third kappa shape index (κ3) is 5.56. The summed E-state index contributed by atoms with van der Waals surface area (Å²) in [5, 5.41) is 19.6. The summed E-state index contributed by atoms with van der Waals surface area (Å²) in [4.78, 5) is 26.6. The zero-order valence-corrected chi connectivity index (χ0v) is 20.8. The Hall–Kier alpha value is -2.55. The Morgan fingerprint density at radius 1 is 0.882 bits per heavy atom. The molecular formula is C23H13Cl4N3O3S. The number of hydrogen-bond acceptors (Lipinski definition) is 6. The molecule has 2 amide bonds. The molecule has 0 spiro atoms. The number of phenols is 1. The Labute approximate surface area is 218 Å². The lowest BCUT2D eigenvalue weighted by Gasteiger charge is -2.13. The number of thioether (sulfide) groups is 1. The van der Waals surface area contributed by atoms with Crippen molar-refractivity contribution in [2.75, 3.05) is 0 Å². The van der Waals surface area contributed by atoms with Crippen molar-refractivity contribution in [3.05, 3.63) is 90.7 Å². The molecule has 6 nitrogen and oxygen atoms in total. The van der Waals surface area contributed by atoms with Crippen LogP contribution in [-0.2, 0) is 11.3 Å². The van der Waals surface area contributed by atoms with Gasteiger partial charge in [0.25, 0.3) is 11.1 Å². The lowest BCUT2D eigenvalue weighted by molar-refractivity contribution is -0.123. The number of imide groups is 1. The van der Waals surface area contributed by atoms with Gasteiger partial charge in [0, 0.05) is 10.6 Å². The van der Waals surface area contributed by atoms with Crippen LogP contribution in [0.4, 0.5) is 16.2 Å². The molecule has 1 aliphatic heterocycles. The summed E-state index contributed by atoms with van der Waals surface area (Å²) in [5.41, 5.74) is 1.79. The topological polar surface area (TPSA) is 82.3 Å². The summed E-state index contributed by atoms with van der Waals surface area (Å²) in [5.74, 6) is -0.569. The Morgan fingerprint density at radius 3 is 2.41 bits per heavy atom. The number of carbonyl (C=O) groups is 2. The first-order valence-electron chi connectivity index (χ1n) is 9.60. The molecule has 34 heavy (non-hydrogen) atoms. The number of azo groups is 1. The third-order valence-corrected chi connectivity index (χ3v) is 6.86. The molecule has 1 N–H and O–H groups in total. The van der Waals surface area contributed by atoms with Crippen LogP contribution in [0.5, 0.6) is 5.75 Å². The highest BCUT2D eigenvalue weighted by Gasteiger charge is 2.35. The minimum Gasteiger partial charge on any atom is -0.507 e. The molecule has 1 fully saturated rings. The highest BCUT2D eigenvalue weighted by molar-refractivity contribution is 8.18. The van der Waals surface area contributed by atoms with Gasteiger partial charge in [-0.25, -0.2) is 0 Å². The van der Waals surface area contributed by atoms with Crippen molar-refractivity contribution in [3.8, 4) is 5.75 Å². The van der Waals surface area contributed by atoms with E-state index >= 15 is 0 Å². The molecule has 1 saturated heterocycles. The minimum atomic E-state index is -0.486. The summed E-state index contributed by atoms with van der Waals surface area (Å²) in [7, 11) is 0. The Morgan fingerprint density at radius 2 is 1.68 bits per heavy atom. The minimum absolute atomic E-state index is 0.0426. The number of amides is 2. The van der Waals surface area contributed by atoms with Gasteiger partial charge in [-0.05, 0) is 71.9 Å². The molecule has 11 heteroatoms. The average Bonchev–Trinajstić information content (AvgIpc) is 3.05. The SMILES string of the molecule is O=C1S/C(=C\c2cc(N=Nc3ccc(Cl)cc3Cl)ccc2O)C(=O)N1Cc1ccc(Cl)c(Cl)c1. The summed E-state index contributed by atoms with van der Waals surface area (Å²) in [6.45, 7) is 0.0426. The zero-order chi connectivity index (χ0) is 24.4. The van der Waals surface area contributed by atoms with E-state index in [2.05, 4.69) is 10.2 Å². The second-order valence-electron chi connectivity index (χ2n) is 7.06. The summed E-state index contributed by atoms with van der Waals surface area (Å²) in [6, 6.07) is 14.2. The summed E-state index contributed by atoms with van der Waals surface area (Å²) in [6.07, 6.45) is 1.43. The monoisotopic (exact) mass is 551 g/mol. The van der Waals surface area contributed by atoms with Crippen molar-refractivity contribution < 1.29 is 14.7 Å². The first-order valence-corrected chi connectivity index (χ1v) is 11.9. The number of phenolic OH excluding ortho intramolecular Hbond substituents is 1. The van der Waals surface area contributed by atoms with Crippen LogP contribution in [0, 0.1) is 0 Å². The Kier molecular flexibility index (Phi) is 7.50. The van der Waals surface area contributed by atoms with Crippen LogP contribution in [0.2, 0.25) is 20.1 Å². The smallest absolute Gasteiger partial charge is 0.293 e. The second-order valence-corrected chi connectivity index (χ2v) is 9.71. The fourth-order valence-corrected chi connectivity index (χ4v) is 4.59. The van der Waals surface area contributed by atoms with Gasteiger partial charge in [0.05, 0.1) is 32.2 Å². The average molecular weight is 553 g/mol. The molecule has 0 saturated carbocycles. The summed E-state index contributed by atoms with van der Waals surface area (Å²) < 4.78 is 0. The van der Waals surface area contributed by atoms with E-state index in [4.69, 9.17) is 46.4 Å². The number of nitrogens with zero attached hydrogens (tertiary/aromatic N) is 3. The number of rotatable bonds is 5. The van der Waals surface area contributed by atoms with Crippen LogP contribution >= 0.6 is 58.2 Å². The van der Waals surface area contributed by atoms with E-state index in [1.165, 1.54) is 18.2 Å². The predicted octanol–water partition coefficient (Wildman–Crippen LogP) is 8.66. The van der Waals surface area contributed by atoms with Gasteiger partial charge in [0.1, 0.15) is 11.4 Å². The maximum absolute atomic E-state index is 12.9. The third-order valence-electron chi connectivity index (χ3n) is 4.68. The maximum Gasteiger partial charge on any atom is 0.293 e. The van der Waals surface area contributed by atoms with Crippen LogP contribution in [-0.4, -0.2) is 21.2 Å². The first kappa shape index (κ1) is 24.6. The van der Waals surface area contributed by atoms with E-state index in [9.17, 15) is 14.7 Å². The fraction of sp³-hybridized carbons (Fsp3) is 0.0435. The van der Waals surface area contributed by atoms with Gasteiger partial charge in [-0.2, -0.15) is 5.11 Å². The number of hydrogen-bond donors (Lipinski definition) is 1. The quantitative estimate of drug-likeness (QED) is 0.253. The maximum atomic E-state index is 12.9. The zero-order valence-electron chi connectivity index (χ0n) is 17.0. The van der Waals surface area contributed by atoms with E-state index in [1.54, 1.807) is 42.5 Å². The van der Waals surface area contributed by atoms with Gasteiger partial charge in [-0.1, -0.05) is 52.5 Å². The van der Waals surface area contributed by atoms with Gasteiger partial charge < -0.3 is 5.11 Å². The van der Waals surface area contributed by atoms with E-state index in [-0.39, 0.29) is 17.2 Å². The molecule has 3 aromatic rings. The molecule has 3 aromatic carbocycles. The molecule has 172 valence electrons. The molecule has 0 bridgehead atoms. The normalized spacial score (nSPS) is 15.2. The largest absolute Gasteiger partial charge is 0.507 e. The van der Waals surface area contributed by atoms with Crippen molar-refractivity contribution in [1.82, 2.24) is 4.90 Å². The molecule has 0 aliphatic carbocycles. The van der Waals surface area contributed by atoms with Crippen LogP contribution in [0.15, 0.2) is 69.7 Å². The number of aromatic hydroxyl groups is 1.